The molecule has 3 rings (SSSR count). The molecule has 1 amide bonds. The molecule has 0 saturated heterocycles. The standard InChI is InChI=1S/C19H18ClN3O5S/c1-23(2)29(26,27)17-9-12(7-8-15(17)20)22-18(24)11-28-19(25)14-10-21-16-6-4-3-5-13(14)16/h3-10,21H,11H2,1-2H3,(H,22,24). The first-order valence-electron chi connectivity index (χ1n) is 8.45. The minimum Gasteiger partial charge on any atom is -0.452 e. The molecule has 0 radical (unpaired) electrons. The average molecular weight is 436 g/mol. The highest BCUT2D eigenvalue weighted by molar-refractivity contribution is 7.89. The van der Waals surface area contributed by atoms with E-state index in [0.717, 1.165) is 9.82 Å². The first kappa shape index (κ1) is 20.8. The Morgan fingerprint density at radius 1 is 1.17 bits per heavy atom. The molecule has 3 aromatic rings. The molecule has 0 saturated carbocycles. The number of aromatic nitrogens is 1. The van der Waals surface area contributed by atoms with Crippen molar-refractivity contribution in [3.8, 4) is 0 Å². The summed E-state index contributed by atoms with van der Waals surface area (Å²) in [6.45, 7) is -0.531. The van der Waals surface area contributed by atoms with Crippen molar-refractivity contribution >= 4 is 50.1 Å². The topological polar surface area (TPSA) is 109 Å². The van der Waals surface area contributed by atoms with Crippen LogP contribution in [0.25, 0.3) is 10.9 Å². The Bertz CT molecular complexity index is 1190. The molecule has 0 fully saturated rings. The van der Waals surface area contributed by atoms with Crippen LogP contribution in [0.3, 0.4) is 0 Å². The zero-order valence-electron chi connectivity index (χ0n) is 15.6. The predicted octanol–water partition coefficient (Wildman–Crippen LogP) is 2.87. The van der Waals surface area contributed by atoms with Gasteiger partial charge in [-0.15, -0.1) is 0 Å². The molecule has 0 spiro atoms. The Balaban J connectivity index is 1.68. The molecule has 10 heteroatoms. The number of anilines is 1. The number of amides is 1. The lowest BCUT2D eigenvalue weighted by Gasteiger charge is -2.14. The summed E-state index contributed by atoms with van der Waals surface area (Å²) in [7, 11) is -1.03. The SMILES string of the molecule is CN(C)S(=O)(=O)c1cc(NC(=O)COC(=O)c2c[nH]c3ccccc23)ccc1Cl. The van der Waals surface area contributed by atoms with Crippen LogP contribution in [-0.2, 0) is 19.6 Å². The third-order valence-corrected chi connectivity index (χ3v) is 6.41. The third-order valence-electron chi connectivity index (χ3n) is 4.12. The van der Waals surface area contributed by atoms with Crippen LogP contribution in [0.4, 0.5) is 5.69 Å². The maximum Gasteiger partial charge on any atom is 0.340 e. The maximum atomic E-state index is 12.3. The van der Waals surface area contributed by atoms with Crippen molar-refractivity contribution in [3.05, 3.63) is 59.2 Å². The second kappa shape index (κ2) is 8.24. The van der Waals surface area contributed by atoms with E-state index in [0.29, 0.717) is 10.9 Å². The first-order valence-corrected chi connectivity index (χ1v) is 10.3. The maximum absolute atomic E-state index is 12.3. The van der Waals surface area contributed by atoms with E-state index >= 15 is 0 Å². The van der Waals surface area contributed by atoms with Crippen molar-refractivity contribution in [2.45, 2.75) is 4.90 Å². The molecule has 29 heavy (non-hydrogen) atoms. The number of esters is 1. The van der Waals surface area contributed by atoms with E-state index in [-0.39, 0.29) is 15.6 Å². The number of aromatic amines is 1. The number of carbonyl (C=O) groups is 2. The van der Waals surface area contributed by atoms with Gasteiger partial charge in [0.1, 0.15) is 4.90 Å². The van der Waals surface area contributed by atoms with Crippen molar-refractivity contribution in [1.29, 1.82) is 0 Å². The number of nitrogens with one attached hydrogen (secondary N) is 2. The molecule has 2 aromatic carbocycles. The monoisotopic (exact) mass is 435 g/mol. The fourth-order valence-electron chi connectivity index (χ4n) is 2.62. The van der Waals surface area contributed by atoms with Gasteiger partial charge >= 0.3 is 5.97 Å². The van der Waals surface area contributed by atoms with Crippen molar-refractivity contribution < 1.29 is 22.7 Å². The number of rotatable bonds is 6. The van der Waals surface area contributed by atoms with Gasteiger partial charge in [-0.1, -0.05) is 29.8 Å². The lowest BCUT2D eigenvalue weighted by Crippen LogP contribution is -2.23. The zero-order chi connectivity index (χ0) is 21.2. The number of sulfonamides is 1. The number of fused-ring (bicyclic) bond motifs is 1. The van der Waals surface area contributed by atoms with Gasteiger partial charge in [0.25, 0.3) is 5.91 Å². The van der Waals surface area contributed by atoms with Gasteiger partial charge < -0.3 is 15.0 Å². The number of para-hydroxylation sites is 1. The number of hydrogen-bond donors (Lipinski definition) is 2. The van der Waals surface area contributed by atoms with Crippen molar-refractivity contribution in [3.63, 3.8) is 0 Å². The molecular weight excluding hydrogens is 418 g/mol. The Hall–Kier alpha value is -2.88. The van der Waals surface area contributed by atoms with Gasteiger partial charge in [0.05, 0.1) is 10.6 Å². The quantitative estimate of drug-likeness (QED) is 0.579. The second-order valence-electron chi connectivity index (χ2n) is 6.30. The fraction of sp³-hybridized carbons (Fsp3) is 0.158. The highest BCUT2D eigenvalue weighted by atomic mass is 35.5. The lowest BCUT2D eigenvalue weighted by atomic mass is 10.2. The molecule has 2 N–H and O–H groups in total. The molecule has 1 heterocycles. The van der Waals surface area contributed by atoms with E-state index in [4.69, 9.17) is 16.3 Å². The normalized spacial score (nSPS) is 11.6. The molecule has 152 valence electrons. The number of nitrogens with zero attached hydrogens (tertiary/aromatic N) is 1. The average Bonchev–Trinajstić information content (AvgIpc) is 3.11. The molecule has 0 aliphatic heterocycles. The van der Waals surface area contributed by atoms with E-state index in [1.54, 1.807) is 12.1 Å². The van der Waals surface area contributed by atoms with Crippen LogP contribution < -0.4 is 5.32 Å². The summed E-state index contributed by atoms with van der Waals surface area (Å²) in [6, 6.07) is 11.3. The molecule has 8 nitrogen and oxygen atoms in total. The van der Waals surface area contributed by atoms with Gasteiger partial charge in [-0.05, 0) is 24.3 Å². The van der Waals surface area contributed by atoms with Crippen molar-refractivity contribution in [2.75, 3.05) is 26.0 Å². The van der Waals surface area contributed by atoms with Crippen LogP contribution in [0.1, 0.15) is 10.4 Å². The van der Waals surface area contributed by atoms with E-state index in [2.05, 4.69) is 10.3 Å². The second-order valence-corrected chi connectivity index (χ2v) is 8.83. The number of ether oxygens (including phenoxy) is 1. The summed E-state index contributed by atoms with van der Waals surface area (Å²) < 4.78 is 30.7. The van der Waals surface area contributed by atoms with Gasteiger partial charge in [-0.3, -0.25) is 4.79 Å². The van der Waals surface area contributed by atoms with Gasteiger partial charge in [0.15, 0.2) is 6.61 Å². The van der Waals surface area contributed by atoms with Gasteiger partial charge in [-0.2, -0.15) is 0 Å². The number of carbonyl (C=O) groups excluding carboxylic acids is 2. The smallest absolute Gasteiger partial charge is 0.340 e. The number of halogens is 1. The van der Waals surface area contributed by atoms with E-state index < -0.39 is 28.5 Å². The van der Waals surface area contributed by atoms with Crippen molar-refractivity contribution in [2.24, 2.45) is 0 Å². The number of hydrogen-bond acceptors (Lipinski definition) is 5. The summed E-state index contributed by atoms with van der Waals surface area (Å²) in [6.07, 6.45) is 1.52. The molecule has 0 bridgehead atoms. The molecule has 0 atom stereocenters. The lowest BCUT2D eigenvalue weighted by molar-refractivity contribution is -0.119. The first-order chi connectivity index (χ1) is 13.7. The van der Waals surface area contributed by atoms with E-state index in [1.165, 1.54) is 38.5 Å². The molecule has 0 unspecified atom stereocenters. The third kappa shape index (κ3) is 4.42. The molecule has 1 aromatic heterocycles. The Morgan fingerprint density at radius 3 is 2.62 bits per heavy atom. The minimum atomic E-state index is -3.78. The summed E-state index contributed by atoms with van der Waals surface area (Å²) in [5, 5.41) is 3.21. The Labute approximate surface area is 172 Å². The zero-order valence-corrected chi connectivity index (χ0v) is 17.2. The van der Waals surface area contributed by atoms with Gasteiger partial charge in [-0.25, -0.2) is 17.5 Å². The number of H-pyrrole nitrogens is 1. The van der Waals surface area contributed by atoms with Crippen LogP contribution in [0.2, 0.25) is 5.02 Å². The largest absolute Gasteiger partial charge is 0.452 e. The highest BCUT2D eigenvalue weighted by Crippen LogP contribution is 2.27. The van der Waals surface area contributed by atoms with Crippen LogP contribution in [0.5, 0.6) is 0 Å². The minimum absolute atomic E-state index is 0.0301. The summed E-state index contributed by atoms with van der Waals surface area (Å²) in [4.78, 5) is 27.2. The Kier molecular flexibility index (Phi) is 5.92. The molecule has 0 aliphatic rings. The van der Waals surface area contributed by atoms with Crippen molar-refractivity contribution in [1.82, 2.24) is 9.29 Å². The van der Waals surface area contributed by atoms with E-state index in [9.17, 15) is 18.0 Å². The fourth-order valence-corrected chi connectivity index (χ4v) is 4.02. The highest BCUT2D eigenvalue weighted by Gasteiger charge is 2.22. The van der Waals surface area contributed by atoms with Crippen LogP contribution in [0.15, 0.2) is 53.6 Å². The molecular formula is C19H18ClN3O5S. The van der Waals surface area contributed by atoms with E-state index in [1.807, 2.05) is 12.1 Å². The number of benzene rings is 2. The predicted molar refractivity (Wildman–Crippen MR) is 110 cm³/mol. The summed E-state index contributed by atoms with van der Waals surface area (Å²) in [5.74, 6) is -1.27. The van der Waals surface area contributed by atoms with Crippen LogP contribution in [-0.4, -0.2) is 50.3 Å². The summed E-state index contributed by atoms with van der Waals surface area (Å²) >= 11 is 5.98. The summed E-state index contributed by atoms with van der Waals surface area (Å²) in [5.41, 5.74) is 1.31. The van der Waals surface area contributed by atoms with Gasteiger partial charge in [0, 0.05) is 36.9 Å². The van der Waals surface area contributed by atoms with Crippen LogP contribution >= 0.6 is 11.6 Å². The van der Waals surface area contributed by atoms with Gasteiger partial charge in [0.2, 0.25) is 10.0 Å². The Morgan fingerprint density at radius 2 is 1.90 bits per heavy atom. The molecule has 0 aliphatic carbocycles. The van der Waals surface area contributed by atoms with Crippen LogP contribution in [0, 0.1) is 0 Å².